The summed E-state index contributed by atoms with van der Waals surface area (Å²) in [7, 11) is 0. The number of fused-ring (bicyclic) bond motifs is 1. The monoisotopic (exact) mass is 926 g/mol. The van der Waals surface area contributed by atoms with Crippen molar-refractivity contribution in [3.63, 3.8) is 0 Å². The van der Waals surface area contributed by atoms with Crippen LogP contribution in [0.4, 0.5) is 29.7 Å². The molecule has 354 valence electrons. The molecule has 4 aromatic heterocycles. The molecule has 21 heteroatoms. The molecular weight excluding hydrogens is 874 g/mol. The van der Waals surface area contributed by atoms with E-state index in [-0.39, 0.29) is 30.3 Å². The fourth-order valence-corrected chi connectivity index (χ4v) is 7.64. The maximum absolute atomic E-state index is 12.8. The van der Waals surface area contributed by atoms with Crippen molar-refractivity contribution in [2.45, 2.75) is 81.7 Å². The minimum absolute atomic E-state index is 0.0127. The molecule has 3 amide bonds. The third-order valence-corrected chi connectivity index (χ3v) is 11.2. The SMILES string of the molecule is CCC(=O)N[C@H]1C[C@@H](n2cnc3c(NCC(c4ccccc4)c4ccccc4)nc(N4CC[C@@H](NC(=O)NCc5ccncc5)C4)nc32)[C@H](O)[C@@H]1O.NCc1ccccn1.O=C(O)C(F)(F)F. The number of hydrogen-bond donors (Lipinski definition) is 8. The molecule has 6 aromatic rings. The van der Waals surface area contributed by atoms with Gasteiger partial charge in [0.2, 0.25) is 11.9 Å². The molecule has 67 heavy (non-hydrogen) atoms. The van der Waals surface area contributed by atoms with Gasteiger partial charge in [0.25, 0.3) is 0 Å². The van der Waals surface area contributed by atoms with Gasteiger partial charge in [0.1, 0.15) is 12.2 Å². The fraction of sp³-hybridized carbons (Fsp3) is 0.348. The van der Waals surface area contributed by atoms with Gasteiger partial charge in [0, 0.05) is 69.7 Å². The summed E-state index contributed by atoms with van der Waals surface area (Å²) < 4.78 is 33.5. The number of halogens is 3. The summed E-state index contributed by atoms with van der Waals surface area (Å²) in [5.41, 5.74) is 10.5. The molecule has 18 nitrogen and oxygen atoms in total. The molecule has 1 aliphatic carbocycles. The second kappa shape index (κ2) is 23.3. The van der Waals surface area contributed by atoms with Crippen LogP contribution in [-0.2, 0) is 22.7 Å². The molecule has 0 unspecified atom stereocenters. The zero-order valence-electron chi connectivity index (χ0n) is 36.5. The number of nitrogens with zero attached hydrogens (tertiary/aromatic N) is 7. The van der Waals surface area contributed by atoms with Gasteiger partial charge in [0.15, 0.2) is 17.0 Å². The second-order valence-electron chi connectivity index (χ2n) is 15.7. The zero-order chi connectivity index (χ0) is 47.9. The summed E-state index contributed by atoms with van der Waals surface area (Å²) in [5.74, 6) is -1.95. The molecule has 0 radical (unpaired) electrons. The number of rotatable bonds is 13. The molecule has 0 bridgehead atoms. The molecule has 9 N–H and O–H groups in total. The summed E-state index contributed by atoms with van der Waals surface area (Å²) in [6, 6.07) is 28.4. The van der Waals surface area contributed by atoms with Crippen molar-refractivity contribution < 1.29 is 42.9 Å². The third kappa shape index (κ3) is 13.4. The highest BCUT2D eigenvalue weighted by Crippen LogP contribution is 2.35. The van der Waals surface area contributed by atoms with Crippen LogP contribution >= 0.6 is 0 Å². The number of carboxylic acids is 1. The summed E-state index contributed by atoms with van der Waals surface area (Å²) >= 11 is 0. The molecule has 2 fully saturated rings. The Bertz CT molecular complexity index is 2470. The van der Waals surface area contributed by atoms with Gasteiger partial charge in [-0.1, -0.05) is 73.7 Å². The number of urea groups is 1. The molecule has 2 aromatic carbocycles. The van der Waals surface area contributed by atoms with E-state index in [9.17, 15) is 33.0 Å². The highest BCUT2D eigenvalue weighted by Gasteiger charge is 2.44. The molecule has 5 heterocycles. The number of alkyl halides is 3. The number of anilines is 2. The molecule has 0 spiro atoms. The highest BCUT2D eigenvalue weighted by molar-refractivity contribution is 5.85. The van der Waals surface area contributed by atoms with Crippen LogP contribution in [0.25, 0.3) is 11.2 Å². The van der Waals surface area contributed by atoms with Gasteiger partial charge >= 0.3 is 18.2 Å². The molecule has 1 aliphatic heterocycles. The lowest BCUT2D eigenvalue weighted by molar-refractivity contribution is -0.192. The number of imidazole rings is 1. The largest absolute Gasteiger partial charge is 0.490 e. The minimum atomic E-state index is -5.08. The molecule has 2 aliphatic rings. The van der Waals surface area contributed by atoms with Crippen LogP contribution < -0.4 is 31.9 Å². The van der Waals surface area contributed by atoms with Crippen molar-refractivity contribution in [3.8, 4) is 0 Å². The predicted molar refractivity (Wildman–Crippen MR) is 242 cm³/mol. The minimum Gasteiger partial charge on any atom is -0.475 e. The smallest absolute Gasteiger partial charge is 0.475 e. The number of nitrogens with one attached hydrogen (secondary N) is 4. The first-order valence-electron chi connectivity index (χ1n) is 21.6. The van der Waals surface area contributed by atoms with Crippen molar-refractivity contribution >= 4 is 40.8 Å². The number of pyridine rings is 2. The zero-order valence-corrected chi connectivity index (χ0v) is 36.5. The van der Waals surface area contributed by atoms with Gasteiger partial charge in [0.05, 0.1) is 24.1 Å². The number of carboxylic acid groups (broad SMARTS) is 1. The van der Waals surface area contributed by atoms with E-state index < -0.39 is 36.4 Å². The van der Waals surface area contributed by atoms with Gasteiger partial charge in [-0.2, -0.15) is 23.1 Å². The van der Waals surface area contributed by atoms with E-state index in [4.69, 9.17) is 30.6 Å². The Morgan fingerprint density at radius 1 is 0.866 bits per heavy atom. The Labute approximate surface area is 383 Å². The van der Waals surface area contributed by atoms with E-state index in [1.54, 1.807) is 36.4 Å². The van der Waals surface area contributed by atoms with Crippen molar-refractivity contribution in [1.82, 2.24) is 45.4 Å². The first kappa shape index (κ1) is 49.2. The van der Waals surface area contributed by atoms with E-state index in [1.807, 2.05) is 71.6 Å². The van der Waals surface area contributed by atoms with Crippen LogP contribution in [-0.4, -0.2) is 113 Å². The second-order valence-corrected chi connectivity index (χ2v) is 15.7. The number of benzene rings is 2. The number of aliphatic hydroxyl groups is 2. The third-order valence-electron chi connectivity index (χ3n) is 11.2. The van der Waals surface area contributed by atoms with E-state index in [0.29, 0.717) is 68.5 Å². The molecule has 1 saturated carbocycles. The molecule has 5 atom stereocenters. The number of aliphatic carboxylic acids is 1. The first-order valence-corrected chi connectivity index (χ1v) is 21.6. The van der Waals surface area contributed by atoms with E-state index in [2.05, 4.69) is 55.5 Å². The Hall–Kier alpha value is -7.23. The summed E-state index contributed by atoms with van der Waals surface area (Å²) in [4.78, 5) is 58.6. The number of hydrogen-bond acceptors (Lipinski definition) is 13. The Balaban J connectivity index is 0.000000422. The van der Waals surface area contributed by atoms with Crippen LogP contribution in [0.5, 0.6) is 0 Å². The Kier molecular flexibility index (Phi) is 17.1. The maximum atomic E-state index is 12.8. The number of amides is 3. The first-order chi connectivity index (χ1) is 32.2. The molecule has 1 saturated heterocycles. The maximum Gasteiger partial charge on any atom is 0.490 e. The van der Waals surface area contributed by atoms with E-state index in [1.165, 1.54) is 0 Å². The highest BCUT2D eigenvalue weighted by atomic mass is 19.4. The molecule has 8 rings (SSSR count). The molecular formula is C46H53F3N12O6. The number of aliphatic hydroxyl groups excluding tert-OH is 2. The lowest BCUT2D eigenvalue weighted by Gasteiger charge is -2.22. The van der Waals surface area contributed by atoms with Crippen LogP contribution in [0.1, 0.15) is 60.5 Å². The normalized spacial score (nSPS) is 18.9. The van der Waals surface area contributed by atoms with Gasteiger partial charge in [-0.05, 0) is 53.8 Å². The average Bonchev–Trinajstić information content (AvgIpc) is 4.07. The van der Waals surface area contributed by atoms with Crippen LogP contribution in [0, 0.1) is 0 Å². The van der Waals surface area contributed by atoms with Crippen molar-refractivity contribution in [3.05, 3.63) is 138 Å². The average molecular weight is 927 g/mol. The van der Waals surface area contributed by atoms with Gasteiger partial charge in [-0.3, -0.25) is 14.8 Å². The topological polar surface area (TPSA) is 259 Å². The number of carbonyl (C=O) groups excluding carboxylic acids is 2. The predicted octanol–water partition coefficient (Wildman–Crippen LogP) is 4.28. The van der Waals surface area contributed by atoms with Gasteiger partial charge in [-0.25, -0.2) is 14.6 Å². The van der Waals surface area contributed by atoms with Crippen LogP contribution in [0.15, 0.2) is 116 Å². The quantitative estimate of drug-likeness (QED) is 0.0805. The van der Waals surface area contributed by atoms with Crippen molar-refractivity contribution in [2.75, 3.05) is 29.9 Å². The number of carbonyl (C=O) groups is 3. The fourth-order valence-electron chi connectivity index (χ4n) is 7.64. The summed E-state index contributed by atoms with van der Waals surface area (Å²) in [5, 5.41) is 41.6. The number of aromatic nitrogens is 6. The standard InChI is InChI=1S/C38H44N10O4.C6H8N2.C2HF3O2/c1-2-31(49)44-29-19-30(34(51)33(29)50)48-23-42-32-35(40-21-28(25-9-5-3-6-10-25)26-11-7-4-8-12-26)45-37(46-36(32)48)47-18-15-27(22-47)43-38(52)41-20-24-13-16-39-17-14-24;7-5-6-3-1-2-4-8-6;3-2(4,5)1(6)7/h3-14,16-17,23,27-30,33-34,50-51H,2,15,18-22H2,1H3,(H,44,49)(H,40,45,46)(H2,41,43,52);1-4H,5,7H2;(H,6,7)/t27-,29+,30-,33-,34+;;/m1../s1. The summed E-state index contributed by atoms with van der Waals surface area (Å²) in [6.07, 6.45) is 0.626. The lowest BCUT2D eigenvalue weighted by Crippen LogP contribution is -2.43. The van der Waals surface area contributed by atoms with Crippen molar-refractivity contribution in [2.24, 2.45) is 5.73 Å². The van der Waals surface area contributed by atoms with E-state index in [0.717, 1.165) is 22.4 Å². The number of nitrogens with two attached hydrogens (primary N) is 1. The van der Waals surface area contributed by atoms with Crippen molar-refractivity contribution in [1.29, 1.82) is 0 Å². The van der Waals surface area contributed by atoms with Crippen LogP contribution in [0.2, 0.25) is 0 Å². The Morgan fingerprint density at radius 3 is 2.10 bits per heavy atom. The van der Waals surface area contributed by atoms with Gasteiger partial charge < -0.3 is 51.8 Å². The summed E-state index contributed by atoms with van der Waals surface area (Å²) in [6.45, 7) is 4.29. The Morgan fingerprint density at radius 2 is 1.52 bits per heavy atom. The van der Waals surface area contributed by atoms with Gasteiger partial charge in [-0.15, -0.1) is 0 Å². The van der Waals surface area contributed by atoms with E-state index >= 15 is 0 Å². The van der Waals surface area contributed by atoms with Crippen LogP contribution in [0.3, 0.4) is 0 Å². The lowest BCUT2D eigenvalue weighted by atomic mass is 9.91.